The summed E-state index contributed by atoms with van der Waals surface area (Å²) in [7, 11) is 4.34. The van der Waals surface area contributed by atoms with Crippen LogP contribution in [0.15, 0.2) is 12.1 Å². The molecule has 0 radical (unpaired) electrons. The zero-order chi connectivity index (χ0) is 21.8. The molecule has 8 heteroatoms. The average molecular weight is 416 g/mol. The lowest BCUT2D eigenvalue weighted by Crippen LogP contribution is -2.43. The maximum Gasteiger partial charge on any atom is 0.231 e. The highest BCUT2D eigenvalue weighted by molar-refractivity contribution is 6.11. The minimum absolute atomic E-state index is 0.0154. The topological polar surface area (TPSA) is 104 Å². The summed E-state index contributed by atoms with van der Waals surface area (Å²) in [6.07, 6.45) is 0.305. The molecule has 2 atom stereocenters. The number of benzene rings is 2. The van der Waals surface area contributed by atoms with Crippen LogP contribution < -0.4 is 23.7 Å². The monoisotopic (exact) mass is 416 g/mol. The molecular formula is C22H24O8. The van der Waals surface area contributed by atoms with Crippen molar-refractivity contribution in [1.29, 1.82) is 0 Å². The fourth-order valence-electron chi connectivity index (χ4n) is 4.16. The highest BCUT2D eigenvalue weighted by atomic mass is 16.7. The number of phenols is 1. The van der Waals surface area contributed by atoms with E-state index in [1.165, 1.54) is 28.3 Å². The standard InChI is InChI=1S/C22H24O8/c1-10-6-11-7-13(23)17(26-3)19(27-4)15(11)16-12(21(24)22(10,2)25)8-14-18(20(16)28-5)30-9-29-14/h7-8,10,23,25H,6,9H2,1-5H3/t10-,22-/m0/s1. The molecule has 1 aliphatic heterocycles. The van der Waals surface area contributed by atoms with Gasteiger partial charge >= 0.3 is 0 Å². The quantitative estimate of drug-likeness (QED) is 0.787. The molecule has 0 bridgehead atoms. The summed E-state index contributed by atoms with van der Waals surface area (Å²) in [5.41, 5.74) is 0.148. The number of carbonyl (C=O) groups excluding carboxylic acids is 1. The van der Waals surface area contributed by atoms with Crippen molar-refractivity contribution in [2.75, 3.05) is 28.1 Å². The van der Waals surface area contributed by atoms with Crippen LogP contribution in [0, 0.1) is 5.92 Å². The molecule has 30 heavy (non-hydrogen) atoms. The Morgan fingerprint density at radius 1 is 1.03 bits per heavy atom. The Balaban J connectivity index is 2.20. The smallest absolute Gasteiger partial charge is 0.231 e. The van der Waals surface area contributed by atoms with Crippen molar-refractivity contribution in [3.8, 4) is 45.6 Å². The van der Waals surface area contributed by atoms with E-state index in [2.05, 4.69) is 0 Å². The largest absolute Gasteiger partial charge is 0.504 e. The molecule has 1 aliphatic carbocycles. The van der Waals surface area contributed by atoms with Crippen LogP contribution in [0.3, 0.4) is 0 Å². The molecule has 0 saturated carbocycles. The third-order valence-corrected chi connectivity index (χ3v) is 5.97. The maximum atomic E-state index is 13.5. The summed E-state index contributed by atoms with van der Waals surface area (Å²) >= 11 is 0. The molecule has 0 unspecified atom stereocenters. The number of ether oxygens (including phenoxy) is 5. The number of aliphatic hydroxyl groups is 1. The minimum atomic E-state index is -1.66. The van der Waals surface area contributed by atoms with Gasteiger partial charge in [0.1, 0.15) is 5.60 Å². The summed E-state index contributed by atoms with van der Waals surface area (Å²) in [4.78, 5) is 13.5. The van der Waals surface area contributed by atoms with E-state index in [1.807, 2.05) is 0 Å². The van der Waals surface area contributed by atoms with E-state index in [1.54, 1.807) is 19.1 Å². The predicted octanol–water partition coefficient (Wildman–Crippen LogP) is 2.94. The first-order valence-electron chi connectivity index (χ1n) is 9.51. The highest BCUT2D eigenvalue weighted by Crippen LogP contribution is 2.56. The molecule has 8 nitrogen and oxygen atoms in total. The van der Waals surface area contributed by atoms with Crippen LogP contribution >= 0.6 is 0 Å². The number of ketones is 1. The second-order valence-corrected chi connectivity index (χ2v) is 7.64. The van der Waals surface area contributed by atoms with Gasteiger partial charge in [-0.25, -0.2) is 0 Å². The summed E-state index contributed by atoms with van der Waals surface area (Å²) in [5, 5.41) is 21.6. The minimum Gasteiger partial charge on any atom is -0.504 e. The van der Waals surface area contributed by atoms with Gasteiger partial charge in [-0.05, 0) is 37.0 Å². The molecule has 2 aromatic rings. The number of phenolic OH excluding ortho intramolecular Hbond substituents is 1. The van der Waals surface area contributed by atoms with Crippen LogP contribution in [-0.4, -0.2) is 49.7 Å². The number of hydrogen-bond acceptors (Lipinski definition) is 8. The van der Waals surface area contributed by atoms with E-state index in [0.717, 1.165) is 0 Å². The van der Waals surface area contributed by atoms with Crippen LogP contribution in [-0.2, 0) is 6.42 Å². The molecule has 0 saturated heterocycles. The van der Waals surface area contributed by atoms with Gasteiger partial charge in [-0.15, -0.1) is 0 Å². The summed E-state index contributed by atoms with van der Waals surface area (Å²) < 4.78 is 27.7. The van der Waals surface area contributed by atoms with Gasteiger partial charge in [-0.1, -0.05) is 6.92 Å². The Bertz CT molecular complexity index is 1040. The molecule has 160 valence electrons. The summed E-state index contributed by atoms with van der Waals surface area (Å²) in [5.74, 6) is 0.361. The van der Waals surface area contributed by atoms with E-state index in [0.29, 0.717) is 34.6 Å². The van der Waals surface area contributed by atoms with Crippen LogP contribution in [0.2, 0.25) is 0 Å². The van der Waals surface area contributed by atoms with Gasteiger partial charge in [0.15, 0.2) is 28.8 Å². The van der Waals surface area contributed by atoms with Crippen molar-refractivity contribution in [3.05, 3.63) is 23.3 Å². The fourth-order valence-corrected chi connectivity index (χ4v) is 4.16. The first-order valence-corrected chi connectivity index (χ1v) is 9.51. The van der Waals surface area contributed by atoms with Crippen molar-refractivity contribution in [3.63, 3.8) is 0 Å². The van der Waals surface area contributed by atoms with Gasteiger partial charge in [-0.2, -0.15) is 0 Å². The lowest BCUT2D eigenvalue weighted by molar-refractivity contribution is 0.0129. The second kappa shape index (κ2) is 6.98. The normalized spacial score (nSPS) is 21.9. The number of aromatic hydroxyl groups is 1. The molecular weight excluding hydrogens is 392 g/mol. The van der Waals surface area contributed by atoms with Gasteiger partial charge in [-0.3, -0.25) is 4.79 Å². The molecule has 0 fully saturated rings. The van der Waals surface area contributed by atoms with E-state index in [4.69, 9.17) is 23.7 Å². The Hall–Kier alpha value is -3.13. The number of carbonyl (C=O) groups is 1. The van der Waals surface area contributed by atoms with Crippen LogP contribution in [0.4, 0.5) is 0 Å². The van der Waals surface area contributed by atoms with E-state index < -0.39 is 17.3 Å². The first kappa shape index (κ1) is 20.2. The lowest BCUT2D eigenvalue weighted by Gasteiger charge is -2.34. The van der Waals surface area contributed by atoms with E-state index in [9.17, 15) is 15.0 Å². The summed E-state index contributed by atoms with van der Waals surface area (Å²) in [6, 6.07) is 3.12. The maximum absolute atomic E-state index is 13.5. The molecule has 4 rings (SSSR count). The van der Waals surface area contributed by atoms with Gasteiger partial charge in [0.25, 0.3) is 0 Å². The van der Waals surface area contributed by atoms with Crippen molar-refractivity contribution < 1.29 is 38.7 Å². The number of hydrogen-bond donors (Lipinski definition) is 2. The molecule has 0 aromatic heterocycles. The van der Waals surface area contributed by atoms with E-state index >= 15 is 0 Å². The number of fused-ring (bicyclic) bond motifs is 4. The zero-order valence-electron chi connectivity index (χ0n) is 17.5. The third kappa shape index (κ3) is 2.67. The second-order valence-electron chi connectivity index (χ2n) is 7.64. The summed E-state index contributed by atoms with van der Waals surface area (Å²) in [6.45, 7) is 3.26. The lowest BCUT2D eigenvalue weighted by atomic mass is 9.74. The highest BCUT2D eigenvalue weighted by Gasteiger charge is 2.44. The van der Waals surface area contributed by atoms with Crippen molar-refractivity contribution in [2.45, 2.75) is 25.9 Å². The Kier molecular flexibility index (Phi) is 4.69. The van der Waals surface area contributed by atoms with Gasteiger partial charge in [0, 0.05) is 16.7 Å². The van der Waals surface area contributed by atoms with E-state index in [-0.39, 0.29) is 35.4 Å². The van der Waals surface area contributed by atoms with Gasteiger partial charge in [0.05, 0.1) is 21.3 Å². The van der Waals surface area contributed by atoms with Gasteiger partial charge in [0.2, 0.25) is 18.3 Å². The van der Waals surface area contributed by atoms with Gasteiger partial charge < -0.3 is 33.9 Å². The molecule has 2 aliphatic rings. The average Bonchev–Trinajstić information content (AvgIpc) is 3.19. The fraction of sp³-hybridized carbons (Fsp3) is 0.409. The number of methoxy groups -OCH3 is 3. The van der Waals surface area contributed by atoms with Crippen LogP contribution in [0.5, 0.6) is 34.5 Å². The zero-order valence-corrected chi connectivity index (χ0v) is 17.5. The molecule has 0 amide bonds. The van der Waals surface area contributed by atoms with Crippen LogP contribution in [0.25, 0.3) is 11.1 Å². The molecule has 2 aromatic carbocycles. The Morgan fingerprint density at radius 3 is 2.33 bits per heavy atom. The van der Waals surface area contributed by atoms with Crippen molar-refractivity contribution in [1.82, 2.24) is 0 Å². The van der Waals surface area contributed by atoms with Crippen molar-refractivity contribution >= 4 is 5.78 Å². The van der Waals surface area contributed by atoms with Crippen molar-refractivity contribution in [2.24, 2.45) is 5.92 Å². The predicted molar refractivity (Wildman–Crippen MR) is 107 cm³/mol. The molecule has 0 spiro atoms. The molecule has 2 N–H and O–H groups in total. The SMILES string of the molecule is COc1c(O)cc2c(c1OC)-c1c(cc3c(c1OC)OCO3)C(=O)[C@@](C)(O)[C@@H](C)C2. The Labute approximate surface area is 173 Å². The number of rotatable bonds is 3. The third-order valence-electron chi connectivity index (χ3n) is 5.97. The first-order chi connectivity index (χ1) is 14.3. The van der Waals surface area contributed by atoms with Crippen LogP contribution in [0.1, 0.15) is 29.8 Å². The number of Topliss-reactive ketones (excluding diaryl/α,β-unsaturated/α-hetero) is 1. The molecule has 1 heterocycles. The Morgan fingerprint density at radius 2 is 1.70 bits per heavy atom.